The number of carbonyl (C=O) groups excluding carboxylic acids is 1. The zero-order valence-electron chi connectivity index (χ0n) is 8.83. The molecule has 0 aliphatic heterocycles. The van der Waals surface area contributed by atoms with Crippen molar-refractivity contribution in [1.29, 1.82) is 0 Å². The maximum absolute atomic E-state index is 11.1. The van der Waals surface area contributed by atoms with Gasteiger partial charge in [0, 0.05) is 11.9 Å². The summed E-state index contributed by atoms with van der Waals surface area (Å²) in [5.74, 6) is 0. The molecule has 0 aromatic carbocycles. The molecule has 0 aromatic rings. The van der Waals surface area contributed by atoms with Gasteiger partial charge in [0.05, 0.1) is 0 Å². The molecule has 0 aliphatic carbocycles. The summed E-state index contributed by atoms with van der Waals surface area (Å²) in [5.41, 5.74) is -0.727. The molecule has 0 aliphatic rings. The van der Waals surface area contributed by atoms with E-state index >= 15 is 0 Å². The molecule has 0 unspecified atom stereocenters. The average Bonchev–Trinajstić information content (AvgIpc) is 1.95. The lowest BCUT2D eigenvalue weighted by Crippen LogP contribution is -2.43. The normalized spacial score (nSPS) is 12.3. The highest BCUT2D eigenvalue weighted by Gasteiger charge is 2.20. The quantitative estimate of drug-likeness (QED) is 0.750. The van der Waals surface area contributed by atoms with Gasteiger partial charge in [-0.25, -0.2) is 9.52 Å². The molecule has 6 nitrogen and oxygen atoms in total. The van der Waals surface area contributed by atoms with Gasteiger partial charge < -0.3 is 4.74 Å². The monoisotopic (exact) mass is 302 g/mol. The summed E-state index contributed by atoms with van der Waals surface area (Å²) < 4.78 is 30.9. The Morgan fingerprint density at radius 1 is 1.40 bits per heavy atom. The van der Waals surface area contributed by atoms with Gasteiger partial charge in [0.2, 0.25) is 0 Å². The first-order valence-corrected chi connectivity index (χ1v) is 6.83. The lowest BCUT2D eigenvalue weighted by Gasteiger charge is -2.19. The Bertz CT molecular complexity index is 309. The summed E-state index contributed by atoms with van der Waals surface area (Å²) in [6.45, 7) is 5.12. The first-order chi connectivity index (χ1) is 6.66. The van der Waals surface area contributed by atoms with Crippen LogP contribution in [0.4, 0.5) is 4.79 Å². The van der Waals surface area contributed by atoms with E-state index in [1.807, 2.05) is 0 Å². The Balaban J connectivity index is 4.17. The van der Waals surface area contributed by atoms with Crippen molar-refractivity contribution in [2.24, 2.45) is 0 Å². The van der Waals surface area contributed by atoms with Gasteiger partial charge in [-0.1, -0.05) is 15.9 Å². The van der Waals surface area contributed by atoms with Crippen LogP contribution < -0.4 is 9.44 Å². The molecule has 0 saturated heterocycles. The molecule has 0 saturated carbocycles. The summed E-state index contributed by atoms with van der Waals surface area (Å²) in [5, 5.41) is 0.461. The Labute approximate surface area is 98.1 Å². The van der Waals surface area contributed by atoms with E-state index in [0.29, 0.717) is 5.33 Å². The van der Waals surface area contributed by atoms with Gasteiger partial charge in [0.15, 0.2) is 0 Å². The average molecular weight is 303 g/mol. The fraction of sp³-hybridized carbons (Fsp3) is 0.857. The Morgan fingerprint density at radius 2 is 1.93 bits per heavy atom. The second kappa shape index (κ2) is 5.66. The molecule has 0 heterocycles. The topological polar surface area (TPSA) is 84.5 Å². The van der Waals surface area contributed by atoms with Gasteiger partial charge in [0.25, 0.3) is 0 Å². The molecule has 15 heavy (non-hydrogen) atoms. The number of alkyl halides is 1. The molecule has 0 aromatic heterocycles. The predicted octanol–water partition coefficient (Wildman–Crippen LogP) is 0.740. The lowest BCUT2D eigenvalue weighted by molar-refractivity contribution is 0.0569. The highest BCUT2D eigenvalue weighted by Crippen LogP contribution is 2.06. The predicted molar refractivity (Wildman–Crippen MR) is 60.1 cm³/mol. The zero-order valence-corrected chi connectivity index (χ0v) is 11.2. The second-order valence-electron chi connectivity index (χ2n) is 3.69. The van der Waals surface area contributed by atoms with Crippen LogP contribution in [0, 0.1) is 0 Å². The number of hydrogen-bond donors (Lipinski definition) is 2. The lowest BCUT2D eigenvalue weighted by atomic mass is 10.2. The van der Waals surface area contributed by atoms with Crippen LogP contribution in [-0.2, 0) is 14.9 Å². The molecular formula is C7H15BrN2O4S. The van der Waals surface area contributed by atoms with Crippen molar-refractivity contribution in [3.05, 3.63) is 0 Å². The number of ether oxygens (including phenoxy) is 1. The SMILES string of the molecule is CC(C)(C)OC(=O)NS(=O)(=O)NCCBr. The van der Waals surface area contributed by atoms with Crippen LogP contribution in [0.1, 0.15) is 20.8 Å². The van der Waals surface area contributed by atoms with E-state index in [0.717, 1.165) is 0 Å². The molecule has 1 amide bonds. The van der Waals surface area contributed by atoms with Crippen molar-refractivity contribution >= 4 is 32.2 Å². The van der Waals surface area contributed by atoms with Crippen LogP contribution >= 0.6 is 15.9 Å². The van der Waals surface area contributed by atoms with Crippen LogP contribution in [0.15, 0.2) is 0 Å². The van der Waals surface area contributed by atoms with E-state index in [-0.39, 0.29) is 6.54 Å². The Kier molecular flexibility index (Phi) is 5.54. The molecule has 0 rings (SSSR count). The Hall–Kier alpha value is -0.340. The number of hydrogen-bond acceptors (Lipinski definition) is 4. The summed E-state index contributed by atoms with van der Waals surface area (Å²) >= 11 is 3.05. The third-order valence-electron chi connectivity index (χ3n) is 1.00. The van der Waals surface area contributed by atoms with Crippen molar-refractivity contribution in [2.45, 2.75) is 26.4 Å². The van der Waals surface area contributed by atoms with Crippen LogP contribution in [0.25, 0.3) is 0 Å². The largest absolute Gasteiger partial charge is 0.443 e. The minimum absolute atomic E-state index is 0.193. The molecule has 0 atom stereocenters. The van der Waals surface area contributed by atoms with E-state index in [2.05, 4.69) is 20.7 Å². The second-order valence-corrected chi connectivity index (χ2v) is 5.98. The maximum atomic E-state index is 11.1. The first kappa shape index (κ1) is 14.7. The van der Waals surface area contributed by atoms with Gasteiger partial charge >= 0.3 is 16.3 Å². The fourth-order valence-electron chi connectivity index (χ4n) is 0.618. The van der Waals surface area contributed by atoms with Crippen molar-refractivity contribution in [1.82, 2.24) is 9.44 Å². The standard InChI is InChI=1S/C7H15BrN2O4S/c1-7(2,3)14-6(11)10-15(12,13)9-5-4-8/h9H,4-5H2,1-3H3,(H,10,11). The number of amides is 1. The molecule has 0 radical (unpaired) electrons. The van der Waals surface area contributed by atoms with Crippen LogP contribution in [0.3, 0.4) is 0 Å². The molecule has 90 valence electrons. The fourth-order valence-corrected chi connectivity index (χ4v) is 1.78. The van der Waals surface area contributed by atoms with E-state index in [1.165, 1.54) is 0 Å². The first-order valence-electron chi connectivity index (χ1n) is 4.22. The number of carbonyl (C=O) groups is 1. The van der Waals surface area contributed by atoms with Crippen LogP contribution in [-0.4, -0.2) is 32.0 Å². The molecule has 0 fully saturated rings. The van der Waals surface area contributed by atoms with E-state index in [1.54, 1.807) is 25.5 Å². The van der Waals surface area contributed by atoms with Crippen LogP contribution in [0.5, 0.6) is 0 Å². The molecule has 0 spiro atoms. The Morgan fingerprint density at radius 3 is 2.33 bits per heavy atom. The summed E-state index contributed by atoms with van der Waals surface area (Å²) in [6.07, 6.45) is -0.996. The molecular weight excluding hydrogens is 288 g/mol. The van der Waals surface area contributed by atoms with Gasteiger partial charge in [-0.05, 0) is 20.8 Å². The molecule has 8 heteroatoms. The van der Waals surface area contributed by atoms with E-state index < -0.39 is 21.9 Å². The third kappa shape index (κ3) is 8.64. The minimum Gasteiger partial charge on any atom is -0.443 e. The summed E-state index contributed by atoms with van der Waals surface area (Å²) in [6, 6.07) is 0. The smallest absolute Gasteiger partial charge is 0.422 e. The van der Waals surface area contributed by atoms with Crippen molar-refractivity contribution in [2.75, 3.05) is 11.9 Å². The van der Waals surface area contributed by atoms with Gasteiger partial charge in [-0.2, -0.15) is 13.1 Å². The maximum Gasteiger partial charge on any atom is 0.422 e. The van der Waals surface area contributed by atoms with E-state index in [9.17, 15) is 13.2 Å². The number of halogens is 1. The third-order valence-corrected chi connectivity index (χ3v) is 2.42. The summed E-state index contributed by atoms with van der Waals surface area (Å²) in [7, 11) is -3.82. The minimum atomic E-state index is -3.82. The number of nitrogens with one attached hydrogen (secondary N) is 2. The molecule has 0 bridgehead atoms. The number of rotatable bonds is 4. The highest BCUT2D eigenvalue weighted by atomic mass is 79.9. The van der Waals surface area contributed by atoms with Crippen molar-refractivity contribution in [3.63, 3.8) is 0 Å². The summed E-state index contributed by atoms with van der Waals surface area (Å²) in [4.78, 5) is 11.1. The van der Waals surface area contributed by atoms with Crippen molar-refractivity contribution in [3.8, 4) is 0 Å². The van der Waals surface area contributed by atoms with Gasteiger partial charge in [-0.15, -0.1) is 0 Å². The van der Waals surface area contributed by atoms with Crippen LogP contribution in [0.2, 0.25) is 0 Å². The van der Waals surface area contributed by atoms with E-state index in [4.69, 9.17) is 4.74 Å². The van der Waals surface area contributed by atoms with Gasteiger partial charge in [-0.3, -0.25) is 0 Å². The van der Waals surface area contributed by atoms with Crippen molar-refractivity contribution < 1.29 is 17.9 Å². The highest BCUT2D eigenvalue weighted by molar-refractivity contribution is 9.09. The molecule has 2 N–H and O–H groups in total. The zero-order chi connectivity index (χ0) is 12.1. The van der Waals surface area contributed by atoms with Gasteiger partial charge in [0.1, 0.15) is 5.60 Å².